The fourth-order valence-electron chi connectivity index (χ4n) is 1.70. The molecule has 0 radical (unpaired) electrons. The van der Waals surface area contributed by atoms with Gasteiger partial charge < -0.3 is 10.1 Å². The Hall–Kier alpha value is -1.48. The van der Waals surface area contributed by atoms with Crippen LogP contribution in [0.2, 0.25) is 0 Å². The number of nitrogens with one attached hydrogen (secondary N) is 1. The van der Waals surface area contributed by atoms with Gasteiger partial charge in [0.15, 0.2) is 0 Å². The molecule has 0 aliphatic heterocycles. The molecule has 2 rings (SSSR count). The van der Waals surface area contributed by atoms with E-state index in [1.165, 1.54) is 11.1 Å². The highest BCUT2D eigenvalue weighted by molar-refractivity contribution is 7.07. The van der Waals surface area contributed by atoms with Gasteiger partial charge in [0.05, 0.1) is 12.3 Å². The Morgan fingerprint density at radius 2 is 2.17 bits per heavy atom. The lowest BCUT2D eigenvalue weighted by atomic mass is 10.2. The van der Waals surface area contributed by atoms with Crippen molar-refractivity contribution in [3.8, 4) is 5.75 Å². The average Bonchev–Trinajstić information content (AvgIpc) is 2.88. The first-order chi connectivity index (χ1) is 8.79. The van der Waals surface area contributed by atoms with Crippen LogP contribution in [0.4, 0.5) is 5.69 Å². The maximum atomic E-state index is 5.78. The summed E-state index contributed by atoms with van der Waals surface area (Å²) in [6.45, 7) is 5.81. The van der Waals surface area contributed by atoms with Gasteiger partial charge in [-0.3, -0.25) is 0 Å². The average molecular weight is 261 g/mol. The third-order valence-corrected chi connectivity index (χ3v) is 3.39. The van der Waals surface area contributed by atoms with Gasteiger partial charge in [0, 0.05) is 6.54 Å². The van der Waals surface area contributed by atoms with Gasteiger partial charge >= 0.3 is 0 Å². The van der Waals surface area contributed by atoms with Crippen LogP contribution < -0.4 is 10.1 Å². The molecule has 0 saturated carbocycles. The molecule has 0 unspecified atom stereocenters. The second kappa shape index (κ2) is 6.45. The van der Waals surface area contributed by atoms with Gasteiger partial charge in [0.25, 0.3) is 0 Å². The summed E-state index contributed by atoms with van der Waals surface area (Å²) in [4.78, 5) is 0. The second-order valence-electron chi connectivity index (χ2n) is 4.33. The lowest BCUT2D eigenvalue weighted by Gasteiger charge is -2.13. The molecule has 0 fully saturated rings. The van der Waals surface area contributed by atoms with Crippen molar-refractivity contribution < 1.29 is 4.74 Å². The molecule has 0 aliphatic carbocycles. The molecular weight excluding hydrogens is 242 g/mol. The Morgan fingerprint density at radius 1 is 1.28 bits per heavy atom. The molecule has 2 aromatic rings. The van der Waals surface area contributed by atoms with Gasteiger partial charge in [-0.25, -0.2) is 0 Å². The van der Waals surface area contributed by atoms with Crippen LogP contribution >= 0.6 is 11.3 Å². The van der Waals surface area contributed by atoms with E-state index in [0.717, 1.165) is 31.0 Å². The van der Waals surface area contributed by atoms with E-state index in [2.05, 4.69) is 54.2 Å². The molecule has 1 aromatic heterocycles. The van der Waals surface area contributed by atoms with E-state index in [-0.39, 0.29) is 0 Å². The summed E-state index contributed by atoms with van der Waals surface area (Å²) in [5.41, 5.74) is 3.60. The van der Waals surface area contributed by atoms with Crippen LogP contribution in [0, 0.1) is 6.92 Å². The molecule has 0 bridgehead atoms. The van der Waals surface area contributed by atoms with E-state index < -0.39 is 0 Å². The fraction of sp³-hybridized carbons (Fsp3) is 0.333. The Kier molecular flexibility index (Phi) is 4.65. The number of rotatable bonds is 6. The van der Waals surface area contributed by atoms with Gasteiger partial charge in [-0.15, -0.1) is 0 Å². The lowest BCUT2D eigenvalue weighted by molar-refractivity contribution is 0.318. The van der Waals surface area contributed by atoms with E-state index in [1.807, 2.05) is 0 Å². The normalized spacial score (nSPS) is 10.3. The highest BCUT2D eigenvalue weighted by Crippen LogP contribution is 2.26. The molecule has 0 spiro atoms. The summed E-state index contributed by atoms with van der Waals surface area (Å²) in [6.07, 6.45) is 1.03. The zero-order valence-electron chi connectivity index (χ0n) is 10.9. The number of aryl methyl sites for hydroxylation is 1. The fourth-order valence-corrected chi connectivity index (χ4v) is 2.37. The number of anilines is 1. The molecule has 0 atom stereocenters. The summed E-state index contributed by atoms with van der Waals surface area (Å²) in [5.74, 6) is 0.951. The van der Waals surface area contributed by atoms with Gasteiger partial charge in [0.2, 0.25) is 0 Å². The molecule has 2 nitrogen and oxygen atoms in total. The molecule has 3 heteroatoms. The monoisotopic (exact) mass is 261 g/mol. The summed E-state index contributed by atoms with van der Waals surface area (Å²) in [5, 5.41) is 7.69. The van der Waals surface area contributed by atoms with E-state index in [1.54, 1.807) is 11.3 Å². The van der Waals surface area contributed by atoms with E-state index in [4.69, 9.17) is 4.74 Å². The first-order valence-corrected chi connectivity index (χ1v) is 7.22. The van der Waals surface area contributed by atoms with Crippen molar-refractivity contribution in [2.24, 2.45) is 0 Å². The van der Waals surface area contributed by atoms with Crippen LogP contribution in [0.3, 0.4) is 0 Å². The molecule has 1 aromatic carbocycles. The van der Waals surface area contributed by atoms with Crippen LogP contribution in [0.25, 0.3) is 0 Å². The Balaban J connectivity index is 2.05. The second-order valence-corrected chi connectivity index (χ2v) is 5.11. The highest BCUT2D eigenvalue weighted by Gasteiger charge is 2.04. The van der Waals surface area contributed by atoms with Crippen molar-refractivity contribution in [3.05, 3.63) is 46.2 Å². The van der Waals surface area contributed by atoms with Gasteiger partial charge in [-0.2, -0.15) is 11.3 Å². The molecule has 0 amide bonds. The molecule has 96 valence electrons. The summed E-state index contributed by atoms with van der Waals surface area (Å²) in [6, 6.07) is 8.42. The van der Waals surface area contributed by atoms with Crippen LogP contribution in [0.5, 0.6) is 5.75 Å². The standard InChI is InChI=1S/C15H19NOS/c1-3-7-17-15-9-12(2)4-5-14(15)16-10-13-6-8-18-11-13/h4-6,8-9,11,16H,3,7,10H2,1-2H3. The first-order valence-electron chi connectivity index (χ1n) is 6.28. The number of thiophene rings is 1. The minimum Gasteiger partial charge on any atom is -0.491 e. The zero-order valence-corrected chi connectivity index (χ0v) is 11.7. The molecule has 1 N–H and O–H groups in total. The first kappa shape index (κ1) is 13.0. The van der Waals surface area contributed by atoms with Crippen LogP contribution in [-0.2, 0) is 6.54 Å². The van der Waals surface area contributed by atoms with Crippen LogP contribution in [0.1, 0.15) is 24.5 Å². The molecule has 18 heavy (non-hydrogen) atoms. The van der Waals surface area contributed by atoms with E-state index in [0.29, 0.717) is 0 Å². The van der Waals surface area contributed by atoms with Crippen LogP contribution in [0.15, 0.2) is 35.0 Å². The highest BCUT2D eigenvalue weighted by atomic mass is 32.1. The molecule has 0 saturated heterocycles. The Bertz CT molecular complexity index is 479. The van der Waals surface area contributed by atoms with Gasteiger partial charge in [0.1, 0.15) is 5.75 Å². The van der Waals surface area contributed by atoms with Crippen molar-refractivity contribution in [2.75, 3.05) is 11.9 Å². The third kappa shape index (κ3) is 3.50. The summed E-state index contributed by atoms with van der Waals surface area (Å²) < 4.78 is 5.78. The quantitative estimate of drug-likeness (QED) is 0.829. The van der Waals surface area contributed by atoms with Crippen molar-refractivity contribution in [1.82, 2.24) is 0 Å². The number of ether oxygens (including phenoxy) is 1. The Labute approximate surface area is 113 Å². The lowest BCUT2D eigenvalue weighted by Crippen LogP contribution is -2.03. The topological polar surface area (TPSA) is 21.3 Å². The number of benzene rings is 1. The van der Waals surface area contributed by atoms with Crippen molar-refractivity contribution in [3.63, 3.8) is 0 Å². The zero-order chi connectivity index (χ0) is 12.8. The molecule has 1 heterocycles. The van der Waals surface area contributed by atoms with Gasteiger partial charge in [-0.1, -0.05) is 13.0 Å². The smallest absolute Gasteiger partial charge is 0.142 e. The molecule has 0 aliphatic rings. The Morgan fingerprint density at radius 3 is 2.89 bits per heavy atom. The number of hydrogen-bond donors (Lipinski definition) is 1. The predicted octanol–water partition coefficient (Wildman–Crippen LogP) is 4.46. The third-order valence-electron chi connectivity index (χ3n) is 2.66. The minimum atomic E-state index is 0.761. The van der Waals surface area contributed by atoms with Crippen molar-refractivity contribution in [2.45, 2.75) is 26.8 Å². The van der Waals surface area contributed by atoms with E-state index in [9.17, 15) is 0 Å². The summed E-state index contributed by atoms with van der Waals surface area (Å²) in [7, 11) is 0. The summed E-state index contributed by atoms with van der Waals surface area (Å²) >= 11 is 1.72. The van der Waals surface area contributed by atoms with Crippen LogP contribution in [-0.4, -0.2) is 6.61 Å². The predicted molar refractivity (Wildman–Crippen MR) is 78.6 cm³/mol. The minimum absolute atomic E-state index is 0.761. The van der Waals surface area contributed by atoms with Crippen molar-refractivity contribution >= 4 is 17.0 Å². The maximum Gasteiger partial charge on any atom is 0.142 e. The van der Waals surface area contributed by atoms with Gasteiger partial charge in [-0.05, 0) is 53.4 Å². The van der Waals surface area contributed by atoms with E-state index >= 15 is 0 Å². The maximum absolute atomic E-state index is 5.78. The number of hydrogen-bond acceptors (Lipinski definition) is 3. The van der Waals surface area contributed by atoms with Crippen molar-refractivity contribution in [1.29, 1.82) is 0 Å². The SMILES string of the molecule is CCCOc1cc(C)ccc1NCc1ccsc1. The largest absolute Gasteiger partial charge is 0.491 e. The molecular formula is C15H19NOS.